The highest BCUT2D eigenvalue weighted by molar-refractivity contribution is 5.93. The molecule has 0 radical (unpaired) electrons. The zero-order valence-corrected chi connectivity index (χ0v) is 15.6. The Hall–Kier alpha value is -1.10. The van der Waals surface area contributed by atoms with E-state index in [4.69, 9.17) is 0 Å². The van der Waals surface area contributed by atoms with Gasteiger partial charge in [-0.2, -0.15) is 0 Å². The SMILES string of the molecule is Cc1cccc(NC(=O)CN2CCC(NCC3CC3)CC2)c1C.Cl. The topological polar surface area (TPSA) is 44.4 Å². The predicted octanol–water partition coefficient (Wildman–Crippen LogP) is 3.13. The van der Waals surface area contributed by atoms with Crippen LogP contribution in [0, 0.1) is 19.8 Å². The summed E-state index contributed by atoms with van der Waals surface area (Å²) in [5.41, 5.74) is 3.31. The smallest absolute Gasteiger partial charge is 0.238 e. The first kappa shape index (κ1) is 19.2. The van der Waals surface area contributed by atoms with E-state index in [0.717, 1.165) is 43.1 Å². The quantitative estimate of drug-likeness (QED) is 0.827. The van der Waals surface area contributed by atoms with Crippen LogP contribution in [0.25, 0.3) is 0 Å². The fourth-order valence-electron chi connectivity index (χ4n) is 3.23. The standard InChI is InChI=1S/C19H29N3O.ClH/c1-14-4-3-5-18(15(14)2)21-19(23)13-22-10-8-17(9-11-22)20-12-16-6-7-16;/h3-5,16-17,20H,6-13H2,1-2H3,(H,21,23);1H. The predicted molar refractivity (Wildman–Crippen MR) is 102 cm³/mol. The summed E-state index contributed by atoms with van der Waals surface area (Å²) in [6, 6.07) is 6.70. The maximum absolute atomic E-state index is 12.3. The van der Waals surface area contributed by atoms with Gasteiger partial charge in [-0.05, 0) is 69.2 Å². The Balaban J connectivity index is 0.00000208. The van der Waals surface area contributed by atoms with Crippen LogP contribution in [0.15, 0.2) is 18.2 Å². The lowest BCUT2D eigenvalue weighted by Crippen LogP contribution is -2.45. The average Bonchev–Trinajstić information content (AvgIpc) is 3.35. The van der Waals surface area contributed by atoms with Gasteiger partial charge in [0.2, 0.25) is 5.91 Å². The van der Waals surface area contributed by atoms with E-state index in [1.165, 1.54) is 24.9 Å². The number of rotatable bonds is 6. The molecule has 1 amide bonds. The lowest BCUT2D eigenvalue weighted by Gasteiger charge is -2.32. The molecule has 0 spiro atoms. The molecule has 1 aromatic rings. The van der Waals surface area contributed by atoms with Crippen LogP contribution in [-0.4, -0.2) is 43.0 Å². The number of anilines is 1. The lowest BCUT2D eigenvalue weighted by atomic mass is 10.0. The van der Waals surface area contributed by atoms with Crippen molar-refractivity contribution in [2.75, 3.05) is 31.5 Å². The molecule has 0 unspecified atom stereocenters. The van der Waals surface area contributed by atoms with Gasteiger partial charge >= 0.3 is 0 Å². The molecule has 1 saturated heterocycles. The molecular formula is C19H30ClN3O. The third kappa shape index (κ3) is 5.47. The summed E-state index contributed by atoms with van der Waals surface area (Å²) in [6.45, 7) is 7.86. The minimum Gasteiger partial charge on any atom is -0.325 e. The molecule has 2 fully saturated rings. The highest BCUT2D eigenvalue weighted by Crippen LogP contribution is 2.28. The van der Waals surface area contributed by atoms with Gasteiger partial charge in [0.05, 0.1) is 6.54 Å². The minimum absolute atomic E-state index is 0. The van der Waals surface area contributed by atoms with Crippen molar-refractivity contribution >= 4 is 24.0 Å². The number of amides is 1. The Morgan fingerprint density at radius 3 is 2.54 bits per heavy atom. The van der Waals surface area contributed by atoms with Gasteiger partial charge in [0.25, 0.3) is 0 Å². The maximum Gasteiger partial charge on any atom is 0.238 e. The molecule has 0 aromatic heterocycles. The third-order valence-corrected chi connectivity index (χ3v) is 5.23. The van der Waals surface area contributed by atoms with Gasteiger partial charge in [-0.25, -0.2) is 0 Å². The maximum atomic E-state index is 12.3. The molecule has 1 aliphatic heterocycles. The van der Waals surface area contributed by atoms with Gasteiger partial charge in [0, 0.05) is 24.8 Å². The third-order valence-electron chi connectivity index (χ3n) is 5.23. The van der Waals surface area contributed by atoms with E-state index >= 15 is 0 Å². The van der Waals surface area contributed by atoms with E-state index in [1.54, 1.807) is 0 Å². The van der Waals surface area contributed by atoms with Gasteiger partial charge < -0.3 is 10.6 Å². The first-order valence-corrected chi connectivity index (χ1v) is 8.93. The number of aryl methyl sites for hydroxylation is 1. The van der Waals surface area contributed by atoms with Crippen molar-refractivity contribution in [3.05, 3.63) is 29.3 Å². The molecule has 5 heteroatoms. The van der Waals surface area contributed by atoms with Crippen molar-refractivity contribution in [2.45, 2.75) is 45.6 Å². The number of carbonyl (C=O) groups excluding carboxylic acids is 1. The summed E-state index contributed by atoms with van der Waals surface area (Å²) in [7, 11) is 0. The highest BCUT2D eigenvalue weighted by Gasteiger charge is 2.25. The van der Waals surface area contributed by atoms with Crippen LogP contribution in [0.2, 0.25) is 0 Å². The summed E-state index contributed by atoms with van der Waals surface area (Å²) in [5.74, 6) is 1.04. The van der Waals surface area contributed by atoms with Crippen molar-refractivity contribution in [1.82, 2.24) is 10.2 Å². The molecule has 4 nitrogen and oxygen atoms in total. The summed E-state index contributed by atoms with van der Waals surface area (Å²) in [4.78, 5) is 14.6. The Kier molecular flexibility index (Phi) is 7.08. The largest absolute Gasteiger partial charge is 0.325 e. The van der Waals surface area contributed by atoms with Crippen molar-refractivity contribution in [3.63, 3.8) is 0 Å². The number of likely N-dealkylation sites (tertiary alicyclic amines) is 1. The molecule has 2 aliphatic rings. The fourth-order valence-corrected chi connectivity index (χ4v) is 3.23. The van der Waals surface area contributed by atoms with Crippen molar-refractivity contribution in [3.8, 4) is 0 Å². The Labute approximate surface area is 151 Å². The second-order valence-electron chi connectivity index (χ2n) is 7.20. The number of halogens is 1. The van der Waals surface area contributed by atoms with Crippen LogP contribution < -0.4 is 10.6 Å². The molecule has 134 valence electrons. The second-order valence-corrected chi connectivity index (χ2v) is 7.20. The fraction of sp³-hybridized carbons (Fsp3) is 0.632. The highest BCUT2D eigenvalue weighted by atomic mass is 35.5. The van der Waals surface area contributed by atoms with Crippen LogP contribution in [0.3, 0.4) is 0 Å². The summed E-state index contributed by atoms with van der Waals surface area (Å²) >= 11 is 0. The summed E-state index contributed by atoms with van der Waals surface area (Å²) in [6.07, 6.45) is 5.13. The van der Waals surface area contributed by atoms with Gasteiger partial charge in [0.15, 0.2) is 0 Å². The number of nitrogens with one attached hydrogen (secondary N) is 2. The van der Waals surface area contributed by atoms with Crippen molar-refractivity contribution in [1.29, 1.82) is 0 Å². The Bertz CT molecular complexity index is 552. The van der Waals surface area contributed by atoms with E-state index in [0.29, 0.717) is 12.6 Å². The molecule has 1 saturated carbocycles. The second kappa shape index (κ2) is 8.84. The Morgan fingerprint density at radius 2 is 1.88 bits per heavy atom. The van der Waals surface area contributed by atoms with E-state index in [-0.39, 0.29) is 18.3 Å². The van der Waals surface area contributed by atoms with Crippen molar-refractivity contribution < 1.29 is 4.79 Å². The van der Waals surface area contributed by atoms with Gasteiger partial charge in [0.1, 0.15) is 0 Å². The van der Waals surface area contributed by atoms with Gasteiger partial charge in [-0.1, -0.05) is 12.1 Å². The van der Waals surface area contributed by atoms with Gasteiger partial charge in [-0.15, -0.1) is 12.4 Å². The van der Waals surface area contributed by atoms with E-state index in [1.807, 2.05) is 12.1 Å². The summed E-state index contributed by atoms with van der Waals surface area (Å²) < 4.78 is 0. The number of benzene rings is 1. The Morgan fingerprint density at radius 1 is 1.17 bits per heavy atom. The zero-order chi connectivity index (χ0) is 16.2. The molecular weight excluding hydrogens is 322 g/mol. The molecule has 1 aliphatic carbocycles. The molecule has 3 rings (SSSR count). The number of nitrogens with zero attached hydrogens (tertiary/aromatic N) is 1. The molecule has 24 heavy (non-hydrogen) atoms. The van der Waals surface area contributed by atoms with Crippen LogP contribution in [0.4, 0.5) is 5.69 Å². The molecule has 0 bridgehead atoms. The van der Waals surface area contributed by atoms with Crippen LogP contribution in [-0.2, 0) is 4.79 Å². The van der Waals surface area contributed by atoms with Crippen LogP contribution in [0.5, 0.6) is 0 Å². The molecule has 1 heterocycles. The number of piperidine rings is 1. The molecule has 1 aromatic carbocycles. The summed E-state index contributed by atoms with van der Waals surface area (Å²) in [5, 5.41) is 6.75. The lowest BCUT2D eigenvalue weighted by molar-refractivity contribution is -0.117. The number of hydrogen-bond acceptors (Lipinski definition) is 3. The van der Waals surface area contributed by atoms with Crippen molar-refractivity contribution in [2.24, 2.45) is 5.92 Å². The van der Waals surface area contributed by atoms with Gasteiger partial charge in [-0.3, -0.25) is 9.69 Å². The van der Waals surface area contributed by atoms with Crippen LogP contribution in [0.1, 0.15) is 36.8 Å². The first-order chi connectivity index (χ1) is 11.1. The first-order valence-electron chi connectivity index (χ1n) is 8.93. The van der Waals surface area contributed by atoms with E-state index < -0.39 is 0 Å². The van der Waals surface area contributed by atoms with Crippen LogP contribution >= 0.6 is 12.4 Å². The zero-order valence-electron chi connectivity index (χ0n) is 14.8. The monoisotopic (exact) mass is 351 g/mol. The van der Waals surface area contributed by atoms with E-state index in [2.05, 4.69) is 35.4 Å². The van der Waals surface area contributed by atoms with E-state index in [9.17, 15) is 4.79 Å². The number of hydrogen-bond donors (Lipinski definition) is 2. The average molecular weight is 352 g/mol. The normalized spacial score (nSPS) is 18.9. The molecule has 0 atom stereocenters. The molecule has 2 N–H and O–H groups in total. The number of carbonyl (C=O) groups is 1. The minimum atomic E-state index is 0.